The van der Waals surface area contributed by atoms with Crippen LogP contribution in [0.4, 0.5) is 0 Å². The molecule has 0 radical (unpaired) electrons. The summed E-state index contributed by atoms with van der Waals surface area (Å²) in [5, 5.41) is 12.4. The molecule has 2 aromatic rings. The molecular weight excluding hydrogens is 254 g/mol. The Kier molecular flexibility index (Phi) is 4.58. The standard InChI is InChI=1S/C16H19NO3/c1-11-8-14(12(2)20-11)10-17-15(16(18)19)9-13-6-4-3-5-7-13/h3-8,15,17H,9-10H2,1-2H3,(H,18,19). The largest absolute Gasteiger partial charge is 0.480 e. The molecule has 4 nitrogen and oxygen atoms in total. The van der Waals surface area contributed by atoms with E-state index in [0.29, 0.717) is 13.0 Å². The molecule has 1 aromatic heterocycles. The van der Waals surface area contributed by atoms with Gasteiger partial charge >= 0.3 is 5.97 Å². The Morgan fingerprint density at radius 1 is 1.30 bits per heavy atom. The summed E-state index contributed by atoms with van der Waals surface area (Å²) in [6.45, 7) is 4.26. The highest BCUT2D eigenvalue weighted by molar-refractivity contribution is 5.73. The van der Waals surface area contributed by atoms with Crippen LogP contribution in [0.3, 0.4) is 0 Å². The van der Waals surface area contributed by atoms with Crippen molar-refractivity contribution in [3.05, 3.63) is 59.0 Å². The number of aryl methyl sites for hydroxylation is 2. The number of carboxylic acids is 1. The molecule has 0 bridgehead atoms. The Bertz CT molecular complexity index is 575. The lowest BCUT2D eigenvalue weighted by Gasteiger charge is -2.14. The van der Waals surface area contributed by atoms with Crippen LogP contribution in [0, 0.1) is 13.8 Å². The van der Waals surface area contributed by atoms with Crippen molar-refractivity contribution in [3.63, 3.8) is 0 Å². The summed E-state index contributed by atoms with van der Waals surface area (Å²) in [4.78, 5) is 11.3. The number of rotatable bonds is 6. The first-order valence-corrected chi connectivity index (χ1v) is 6.62. The number of hydrogen-bond acceptors (Lipinski definition) is 3. The fourth-order valence-electron chi connectivity index (χ4n) is 2.19. The van der Waals surface area contributed by atoms with Gasteiger partial charge in [0.05, 0.1) is 0 Å². The minimum Gasteiger partial charge on any atom is -0.480 e. The van der Waals surface area contributed by atoms with Gasteiger partial charge in [0, 0.05) is 12.1 Å². The van der Waals surface area contributed by atoms with Gasteiger partial charge in [-0.15, -0.1) is 0 Å². The maximum atomic E-state index is 11.3. The van der Waals surface area contributed by atoms with Crippen molar-refractivity contribution in [3.8, 4) is 0 Å². The zero-order chi connectivity index (χ0) is 14.5. The summed E-state index contributed by atoms with van der Waals surface area (Å²) < 4.78 is 5.44. The Labute approximate surface area is 118 Å². The second-order valence-corrected chi connectivity index (χ2v) is 4.90. The van der Waals surface area contributed by atoms with Gasteiger partial charge < -0.3 is 9.52 Å². The molecule has 0 saturated heterocycles. The second kappa shape index (κ2) is 6.39. The van der Waals surface area contributed by atoms with Gasteiger partial charge in [-0.1, -0.05) is 30.3 Å². The first kappa shape index (κ1) is 14.3. The Morgan fingerprint density at radius 2 is 2.00 bits per heavy atom. The van der Waals surface area contributed by atoms with Gasteiger partial charge in [-0.25, -0.2) is 0 Å². The molecule has 1 unspecified atom stereocenters. The van der Waals surface area contributed by atoms with Crippen LogP contribution in [0.5, 0.6) is 0 Å². The Balaban J connectivity index is 2.00. The van der Waals surface area contributed by atoms with Crippen molar-refractivity contribution in [2.24, 2.45) is 0 Å². The van der Waals surface area contributed by atoms with Crippen molar-refractivity contribution in [1.82, 2.24) is 5.32 Å². The van der Waals surface area contributed by atoms with E-state index in [1.807, 2.05) is 50.2 Å². The normalized spacial score (nSPS) is 12.3. The summed E-state index contributed by atoms with van der Waals surface area (Å²) in [5.74, 6) is 0.833. The predicted molar refractivity (Wildman–Crippen MR) is 76.6 cm³/mol. The molecule has 1 heterocycles. The van der Waals surface area contributed by atoms with E-state index in [9.17, 15) is 9.90 Å². The Morgan fingerprint density at radius 3 is 2.55 bits per heavy atom. The topological polar surface area (TPSA) is 62.5 Å². The zero-order valence-electron chi connectivity index (χ0n) is 11.7. The smallest absolute Gasteiger partial charge is 0.321 e. The minimum atomic E-state index is -0.841. The van der Waals surface area contributed by atoms with Crippen LogP contribution in [0.25, 0.3) is 0 Å². The van der Waals surface area contributed by atoms with Gasteiger partial charge in [-0.05, 0) is 31.9 Å². The van der Waals surface area contributed by atoms with Gasteiger partial charge in [0.15, 0.2) is 0 Å². The molecule has 106 valence electrons. The zero-order valence-corrected chi connectivity index (χ0v) is 11.7. The maximum Gasteiger partial charge on any atom is 0.321 e. The fraction of sp³-hybridized carbons (Fsp3) is 0.312. The molecule has 0 aliphatic carbocycles. The quantitative estimate of drug-likeness (QED) is 0.849. The molecule has 0 saturated carbocycles. The molecule has 0 aliphatic rings. The average molecular weight is 273 g/mol. The van der Waals surface area contributed by atoms with E-state index in [1.165, 1.54) is 0 Å². The van der Waals surface area contributed by atoms with Crippen LogP contribution >= 0.6 is 0 Å². The molecule has 0 amide bonds. The summed E-state index contributed by atoms with van der Waals surface area (Å²) in [6.07, 6.45) is 0.464. The maximum absolute atomic E-state index is 11.3. The van der Waals surface area contributed by atoms with E-state index in [1.54, 1.807) is 0 Å². The average Bonchev–Trinajstić information content (AvgIpc) is 2.73. The SMILES string of the molecule is Cc1cc(CNC(Cc2ccccc2)C(=O)O)c(C)o1. The van der Waals surface area contributed by atoms with Gasteiger partial charge in [-0.3, -0.25) is 10.1 Å². The minimum absolute atomic E-state index is 0.464. The highest BCUT2D eigenvalue weighted by Crippen LogP contribution is 2.14. The van der Waals surface area contributed by atoms with Crippen LogP contribution in [-0.2, 0) is 17.8 Å². The van der Waals surface area contributed by atoms with E-state index in [4.69, 9.17) is 4.42 Å². The molecule has 0 spiro atoms. The number of benzene rings is 1. The van der Waals surface area contributed by atoms with Crippen molar-refractivity contribution >= 4 is 5.97 Å². The van der Waals surface area contributed by atoms with Gasteiger partial charge in [0.1, 0.15) is 17.6 Å². The summed E-state index contributed by atoms with van der Waals surface area (Å²) in [7, 11) is 0. The summed E-state index contributed by atoms with van der Waals surface area (Å²) in [6, 6.07) is 11.0. The number of nitrogens with one attached hydrogen (secondary N) is 1. The number of aliphatic carboxylic acids is 1. The van der Waals surface area contributed by atoms with Crippen molar-refractivity contribution in [2.45, 2.75) is 32.9 Å². The van der Waals surface area contributed by atoms with Crippen LogP contribution < -0.4 is 5.32 Å². The molecule has 2 rings (SSSR count). The second-order valence-electron chi connectivity index (χ2n) is 4.90. The Hall–Kier alpha value is -2.07. The van der Waals surface area contributed by atoms with Crippen LogP contribution in [0.15, 0.2) is 40.8 Å². The molecule has 1 aromatic carbocycles. The molecule has 20 heavy (non-hydrogen) atoms. The molecular formula is C16H19NO3. The highest BCUT2D eigenvalue weighted by Gasteiger charge is 2.18. The van der Waals surface area contributed by atoms with Crippen molar-refractivity contribution in [2.75, 3.05) is 0 Å². The third-order valence-electron chi connectivity index (χ3n) is 3.26. The number of carboxylic acid groups (broad SMARTS) is 1. The third-order valence-corrected chi connectivity index (χ3v) is 3.26. The third kappa shape index (κ3) is 3.71. The van der Waals surface area contributed by atoms with Gasteiger partial charge in [-0.2, -0.15) is 0 Å². The lowest BCUT2D eigenvalue weighted by Crippen LogP contribution is -2.38. The van der Waals surface area contributed by atoms with Crippen LogP contribution in [0.1, 0.15) is 22.6 Å². The first-order valence-electron chi connectivity index (χ1n) is 6.62. The van der Waals surface area contributed by atoms with Crippen LogP contribution in [-0.4, -0.2) is 17.1 Å². The monoisotopic (exact) mass is 273 g/mol. The molecule has 0 aliphatic heterocycles. The number of furan rings is 1. The summed E-state index contributed by atoms with van der Waals surface area (Å²) in [5.41, 5.74) is 2.01. The molecule has 0 fully saturated rings. The predicted octanol–water partition coefficient (Wildman–Crippen LogP) is 2.68. The van der Waals surface area contributed by atoms with E-state index >= 15 is 0 Å². The van der Waals surface area contributed by atoms with E-state index in [2.05, 4.69) is 5.32 Å². The van der Waals surface area contributed by atoms with E-state index in [-0.39, 0.29) is 0 Å². The van der Waals surface area contributed by atoms with Gasteiger partial charge in [0.2, 0.25) is 0 Å². The molecule has 2 N–H and O–H groups in total. The lowest BCUT2D eigenvalue weighted by molar-refractivity contribution is -0.139. The van der Waals surface area contributed by atoms with E-state index in [0.717, 1.165) is 22.6 Å². The highest BCUT2D eigenvalue weighted by atomic mass is 16.4. The number of hydrogen-bond donors (Lipinski definition) is 2. The fourth-order valence-corrected chi connectivity index (χ4v) is 2.19. The first-order chi connectivity index (χ1) is 9.56. The lowest BCUT2D eigenvalue weighted by atomic mass is 10.1. The van der Waals surface area contributed by atoms with Crippen molar-refractivity contribution in [1.29, 1.82) is 0 Å². The number of carbonyl (C=O) groups is 1. The van der Waals surface area contributed by atoms with E-state index < -0.39 is 12.0 Å². The van der Waals surface area contributed by atoms with Crippen molar-refractivity contribution < 1.29 is 14.3 Å². The molecule has 1 atom stereocenters. The molecule has 4 heteroatoms. The summed E-state index contributed by atoms with van der Waals surface area (Å²) >= 11 is 0. The van der Waals surface area contributed by atoms with Crippen LogP contribution in [0.2, 0.25) is 0 Å². The van der Waals surface area contributed by atoms with Gasteiger partial charge in [0.25, 0.3) is 0 Å².